The summed E-state index contributed by atoms with van der Waals surface area (Å²) in [7, 11) is 0. The van der Waals surface area contributed by atoms with Gasteiger partial charge < -0.3 is 21.3 Å². The lowest BCUT2D eigenvalue weighted by atomic mass is 10.1. The van der Waals surface area contributed by atoms with Crippen LogP contribution in [0.1, 0.15) is 22.3 Å². The molecular weight excluding hydrogens is 404 g/mol. The summed E-state index contributed by atoms with van der Waals surface area (Å²) in [6.45, 7) is 8.51. The molecule has 0 fully saturated rings. The zero-order valence-corrected chi connectivity index (χ0v) is 18.9. The van der Waals surface area contributed by atoms with Crippen LogP contribution in [0.4, 0.5) is 11.4 Å². The van der Waals surface area contributed by atoms with E-state index in [1.165, 1.54) is 0 Å². The van der Waals surface area contributed by atoms with Crippen LogP contribution in [0.25, 0.3) is 0 Å². The molecule has 0 aliphatic rings. The van der Waals surface area contributed by atoms with Crippen LogP contribution in [0, 0.1) is 49.3 Å². The lowest BCUT2D eigenvalue weighted by Crippen LogP contribution is -2.52. The molecule has 0 saturated carbocycles. The van der Waals surface area contributed by atoms with Crippen molar-refractivity contribution >= 4 is 35.2 Å². The topological polar surface area (TPSA) is 178 Å². The van der Waals surface area contributed by atoms with E-state index in [4.69, 9.17) is 33.1 Å². The van der Waals surface area contributed by atoms with Crippen molar-refractivity contribution in [3.05, 3.63) is 58.7 Å². The van der Waals surface area contributed by atoms with Gasteiger partial charge in [0.1, 0.15) is 0 Å². The molecule has 0 saturated heterocycles. The van der Waals surface area contributed by atoms with Crippen molar-refractivity contribution in [2.45, 2.75) is 27.7 Å². The molecule has 10 N–H and O–H groups in total. The molecule has 0 atom stereocenters. The van der Waals surface area contributed by atoms with Gasteiger partial charge in [-0.15, -0.1) is 0 Å². The molecular formula is C22H32N10. The molecule has 2 aromatic rings. The molecule has 2 rings (SSSR count). The Bertz CT molecular complexity index is 919. The van der Waals surface area contributed by atoms with E-state index in [1.807, 2.05) is 64.1 Å². The third kappa shape index (κ3) is 6.73. The number of anilines is 2. The van der Waals surface area contributed by atoms with Crippen LogP contribution >= 0.6 is 0 Å². The van der Waals surface area contributed by atoms with Crippen LogP contribution in [0.3, 0.4) is 0 Å². The Labute approximate surface area is 188 Å². The highest BCUT2D eigenvalue weighted by molar-refractivity contribution is 6.05. The van der Waals surface area contributed by atoms with Gasteiger partial charge in [-0.25, -0.2) is 0 Å². The third-order valence-electron chi connectivity index (χ3n) is 4.63. The molecule has 0 aliphatic carbocycles. The van der Waals surface area contributed by atoms with Crippen molar-refractivity contribution in [1.29, 1.82) is 21.6 Å². The molecule has 0 bridgehead atoms. The molecule has 0 heterocycles. The molecule has 0 amide bonds. The normalized spacial score (nSPS) is 10.2. The van der Waals surface area contributed by atoms with E-state index in [0.29, 0.717) is 13.1 Å². The molecule has 0 aliphatic heterocycles. The summed E-state index contributed by atoms with van der Waals surface area (Å²) in [5.74, 6) is -0.758. The summed E-state index contributed by atoms with van der Waals surface area (Å²) in [5, 5.41) is 37.0. The van der Waals surface area contributed by atoms with Gasteiger partial charge in [-0.3, -0.25) is 32.3 Å². The molecule has 0 radical (unpaired) electrons. The fourth-order valence-electron chi connectivity index (χ4n) is 3.54. The molecule has 0 spiro atoms. The summed E-state index contributed by atoms with van der Waals surface area (Å²) in [6.07, 6.45) is 0. The number of aryl methyl sites for hydroxylation is 4. The lowest BCUT2D eigenvalue weighted by Gasteiger charge is -2.31. The largest absolute Gasteiger partial charge is 0.370 e. The first kappa shape index (κ1) is 24.2. The minimum Gasteiger partial charge on any atom is -0.370 e. The van der Waals surface area contributed by atoms with E-state index in [2.05, 4.69) is 10.6 Å². The number of nitrogens with one attached hydrogen (secondary N) is 6. The van der Waals surface area contributed by atoms with Gasteiger partial charge in [0, 0.05) is 24.5 Å². The summed E-state index contributed by atoms with van der Waals surface area (Å²) in [6, 6.07) is 11.9. The number of nitrogens with two attached hydrogens (primary N) is 2. The van der Waals surface area contributed by atoms with Crippen molar-refractivity contribution in [3.8, 4) is 0 Å². The predicted octanol–water partition coefficient (Wildman–Crippen LogP) is 2.07. The molecule has 2 aromatic carbocycles. The predicted molar refractivity (Wildman–Crippen MR) is 132 cm³/mol. The van der Waals surface area contributed by atoms with Gasteiger partial charge in [0.05, 0.1) is 0 Å². The standard InChI is InChI=1S/C22H32N10/c1-13-7-14(2)10-17(9-13)31(21(27)29-19(23)24)5-6-32(22(28)30-20(25)26)18-11-15(3)8-16(4)12-18/h7-12H,5-6H2,1-4H3,(H5,23,24,27,29)(H5,25,26,28,30). The van der Waals surface area contributed by atoms with E-state index < -0.39 is 0 Å². The van der Waals surface area contributed by atoms with Gasteiger partial charge in [-0.05, 0) is 74.2 Å². The molecule has 10 nitrogen and oxygen atoms in total. The molecule has 32 heavy (non-hydrogen) atoms. The van der Waals surface area contributed by atoms with Crippen LogP contribution < -0.4 is 31.9 Å². The second-order valence-electron chi connectivity index (χ2n) is 7.77. The van der Waals surface area contributed by atoms with Crippen molar-refractivity contribution in [3.63, 3.8) is 0 Å². The van der Waals surface area contributed by atoms with Crippen molar-refractivity contribution in [2.24, 2.45) is 11.5 Å². The minimum absolute atomic E-state index is 0.0473. The van der Waals surface area contributed by atoms with Crippen LogP contribution in [0.5, 0.6) is 0 Å². The average molecular weight is 437 g/mol. The van der Waals surface area contributed by atoms with Gasteiger partial charge in [0.25, 0.3) is 0 Å². The van der Waals surface area contributed by atoms with E-state index in [9.17, 15) is 0 Å². The maximum Gasteiger partial charge on any atom is 0.202 e. The van der Waals surface area contributed by atoms with E-state index in [0.717, 1.165) is 33.6 Å². The Balaban J connectivity index is 2.41. The van der Waals surface area contributed by atoms with Crippen molar-refractivity contribution in [1.82, 2.24) is 10.6 Å². The van der Waals surface area contributed by atoms with Gasteiger partial charge in [0.15, 0.2) is 11.9 Å². The Morgan fingerprint density at radius 3 is 1.16 bits per heavy atom. The number of hydrogen-bond donors (Lipinski definition) is 8. The second-order valence-corrected chi connectivity index (χ2v) is 7.77. The fraction of sp³-hybridized carbons (Fsp3) is 0.273. The van der Waals surface area contributed by atoms with E-state index in [1.54, 1.807) is 9.80 Å². The highest BCUT2D eigenvalue weighted by Gasteiger charge is 2.19. The van der Waals surface area contributed by atoms with Crippen molar-refractivity contribution in [2.75, 3.05) is 22.9 Å². The first-order valence-electron chi connectivity index (χ1n) is 10.1. The Morgan fingerprint density at radius 1 is 0.625 bits per heavy atom. The minimum atomic E-state index is -0.332. The van der Waals surface area contributed by atoms with Crippen LogP contribution in [0.15, 0.2) is 36.4 Å². The highest BCUT2D eigenvalue weighted by Crippen LogP contribution is 2.21. The van der Waals surface area contributed by atoms with Gasteiger partial charge in [-0.1, -0.05) is 12.1 Å². The first-order chi connectivity index (χ1) is 15.0. The zero-order chi connectivity index (χ0) is 24.0. The molecule has 0 aromatic heterocycles. The number of nitrogens with zero attached hydrogens (tertiary/aromatic N) is 2. The number of benzene rings is 2. The first-order valence-corrected chi connectivity index (χ1v) is 10.1. The molecule has 170 valence electrons. The van der Waals surface area contributed by atoms with Gasteiger partial charge >= 0.3 is 0 Å². The number of guanidine groups is 4. The molecule has 0 unspecified atom stereocenters. The summed E-state index contributed by atoms with van der Waals surface area (Å²) in [4.78, 5) is 3.39. The van der Waals surface area contributed by atoms with Crippen LogP contribution in [-0.4, -0.2) is 36.9 Å². The van der Waals surface area contributed by atoms with Gasteiger partial charge in [-0.2, -0.15) is 0 Å². The maximum atomic E-state index is 8.44. The van der Waals surface area contributed by atoms with Crippen LogP contribution in [0.2, 0.25) is 0 Å². The summed E-state index contributed by atoms with van der Waals surface area (Å²) in [5.41, 5.74) is 16.6. The third-order valence-corrected chi connectivity index (χ3v) is 4.63. The smallest absolute Gasteiger partial charge is 0.202 e. The quantitative estimate of drug-likeness (QED) is 0.262. The van der Waals surface area contributed by atoms with Crippen LogP contribution in [-0.2, 0) is 0 Å². The SMILES string of the molecule is Cc1cc(C)cc(N(CCN(C(=N)NC(=N)N)c2cc(C)cc(C)c2)C(=N)NC(=N)N)c1. The number of rotatable bonds is 5. The summed E-state index contributed by atoms with van der Waals surface area (Å²) < 4.78 is 0. The second kappa shape index (κ2) is 10.3. The van der Waals surface area contributed by atoms with Gasteiger partial charge in [0.2, 0.25) is 11.9 Å². The highest BCUT2D eigenvalue weighted by atomic mass is 15.3. The zero-order valence-electron chi connectivity index (χ0n) is 18.9. The van der Waals surface area contributed by atoms with Crippen molar-refractivity contribution < 1.29 is 0 Å². The van der Waals surface area contributed by atoms with E-state index >= 15 is 0 Å². The van der Waals surface area contributed by atoms with E-state index in [-0.39, 0.29) is 23.8 Å². The Hall–Kier alpha value is -4.08. The maximum absolute atomic E-state index is 8.44. The number of hydrogen-bond acceptors (Lipinski definition) is 4. The monoisotopic (exact) mass is 436 g/mol. The summed E-state index contributed by atoms with van der Waals surface area (Å²) >= 11 is 0. The lowest BCUT2D eigenvalue weighted by molar-refractivity contribution is 0.880. The Morgan fingerprint density at radius 2 is 0.906 bits per heavy atom. The molecule has 10 heteroatoms. The fourth-order valence-corrected chi connectivity index (χ4v) is 3.54. The average Bonchev–Trinajstić information content (AvgIpc) is 2.62. The Kier molecular flexibility index (Phi) is 7.78.